The van der Waals surface area contributed by atoms with Gasteiger partial charge in [0.2, 0.25) is 23.5 Å². The fourth-order valence-electron chi connectivity index (χ4n) is 7.53. The number of likely N-dealkylation sites (N-methyl/N-ethyl adjacent to an activating group) is 1. The van der Waals surface area contributed by atoms with Crippen LogP contribution in [-0.2, 0) is 33.5 Å². The van der Waals surface area contributed by atoms with E-state index in [1.54, 1.807) is 70.1 Å². The van der Waals surface area contributed by atoms with Crippen LogP contribution in [0.4, 0.5) is 4.79 Å². The number of ketones is 3. The minimum atomic E-state index is -0.968. The van der Waals surface area contributed by atoms with Crippen molar-refractivity contribution in [3.8, 4) is 0 Å². The normalized spacial score (nSPS) is 22.3. The average Bonchev–Trinajstić information content (AvgIpc) is 3.90. The predicted molar refractivity (Wildman–Crippen MR) is 195 cm³/mol. The first-order valence-electron chi connectivity index (χ1n) is 18.5. The van der Waals surface area contributed by atoms with E-state index >= 15 is 0 Å². The minimum absolute atomic E-state index is 0.0874. The number of benzene rings is 1. The molecule has 3 unspecified atom stereocenters. The first-order chi connectivity index (χ1) is 24.0. The summed E-state index contributed by atoms with van der Waals surface area (Å²) < 4.78 is 5.45. The highest BCUT2D eigenvalue weighted by Crippen LogP contribution is 2.65. The number of piperidine rings is 1. The molecule has 2 aliphatic carbocycles. The molecule has 0 radical (unpaired) electrons. The maximum absolute atomic E-state index is 14.3. The van der Waals surface area contributed by atoms with Crippen LogP contribution in [0.2, 0.25) is 0 Å². The summed E-state index contributed by atoms with van der Waals surface area (Å²) in [6, 6.07) is 6.07. The molecular formula is C40H58N4O8. The fourth-order valence-corrected chi connectivity index (χ4v) is 7.53. The van der Waals surface area contributed by atoms with Crippen LogP contribution in [0.25, 0.3) is 0 Å². The van der Waals surface area contributed by atoms with Crippen molar-refractivity contribution in [2.75, 3.05) is 20.6 Å². The zero-order valence-electron chi connectivity index (χ0n) is 32.5. The molecule has 1 heterocycles. The number of carbonyl (C=O) groups excluding carboxylic acids is 7. The largest absolute Gasteiger partial charge is 0.444 e. The van der Waals surface area contributed by atoms with Crippen molar-refractivity contribution in [1.29, 1.82) is 0 Å². The summed E-state index contributed by atoms with van der Waals surface area (Å²) >= 11 is 0. The molecule has 12 nitrogen and oxygen atoms in total. The number of carbonyl (C=O) groups is 7. The van der Waals surface area contributed by atoms with Crippen LogP contribution in [-0.4, -0.2) is 89.3 Å². The molecule has 3 aliphatic rings. The smallest absolute Gasteiger partial charge is 0.408 e. The second-order valence-electron chi connectivity index (χ2n) is 17.8. The Kier molecular flexibility index (Phi) is 12.1. The second-order valence-corrected chi connectivity index (χ2v) is 17.8. The molecule has 0 spiro atoms. The molecule has 2 saturated carbocycles. The summed E-state index contributed by atoms with van der Waals surface area (Å²) in [6.07, 6.45) is 0.645. The summed E-state index contributed by atoms with van der Waals surface area (Å²) in [5, 5.41) is 5.45. The number of Topliss-reactive ketones (excluding diaryl/α,β-unsaturated/α-hetero) is 3. The first kappa shape index (κ1) is 40.7. The van der Waals surface area contributed by atoms with Gasteiger partial charge in [-0.15, -0.1) is 0 Å². The predicted octanol–water partition coefficient (Wildman–Crippen LogP) is 4.65. The maximum atomic E-state index is 14.3. The molecule has 1 aliphatic heterocycles. The third-order valence-electron chi connectivity index (χ3n) is 10.7. The highest BCUT2D eigenvalue weighted by Gasteiger charge is 2.69. The average molecular weight is 723 g/mol. The van der Waals surface area contributed by atoms with Crippen LogP contribution in [0, 0.1) is 34.5 Å². The van der Waals surface area contributed by atoms with Gasteiger partial charge in [-0.3, -0.25) is 28.8 Å². The number of fused-ring (bicyclic) bond motifs is 1. The number of alkyl carbamates (subject to hydrolysis) is 1. The fraction of sp³-hybridized carbons (Fsp3) is 0.675. The van der Waals surface area contributed by atoms with E-state index in [2.05, 4.69) is 24.5 Å². The van der Waals surface area contributed by atoms with E-state index in [9.17, 15) is 33.6 Å². The molecule has 0 bridgehead atoms. The Morgan fingerprint density at radius 1 is 0.923 bits per heavy atom. The summed E-state index contributed by atoms with van der Waals surface area (Å²) in [7, 11) is 3.17. The van der Waals surface area contributed by atoms with Gasteiger partial charge in [0.05, 0.1) is 6.04 Å². The van der Waals surface area contributed by atoms with Gasteiger partial charge < -0.3 is 25.2 Å². The van der Waals surface area contributed by atoms with Gasteiger partial charge in [-0.1, -0.05) is 77.8 Å². The Labute approximate surface area is 308 Å². The molecule has 12 heteroatoms. The van der Waals surface area contributed by atoms with E-state index in [1.165, 1.54) is 4.90 Å². The molecular weight excluding hydrogens is 664 g/mol. The standard InChI is InChI=1S/C40H58N4O8/c1-38(2,3)34(42-37(51)52-39(4,5)6)36(50)44-22-26-30(40(26,7)8)32(44)28(46)21-25(20-23-16-17-23)33(48)27(45)18-19-29(47)41-31(35(49)43(9)10)24-14-12-11-13-15-24/h11-15,23,25-26,30-32,34H,16-22H2,1-10H3,(H,41,47)(H,42,51)/t25?,26?,30-,31-,32?,34+/m0/s1. The number of ether oxygens (including phenoxy) is 1. The van der Waals surface area contributed by atoms with Gasteiger partial charge in [0.1, 0.15) is 17.7 Å². The van der Waals surface area contributed by atoms with Crippen molar-refractivity contribution in [1.82, 2.24) is 20.4 Å². The lowest BCUT2D eigenvalue weighted by atomic mass is 9.83. The highest BCUT2D eigenvalue weighted by molar-refractivity contribution is 6.38. The van der Waals surface area contributed by atoms with Crippen molar-refractivity contribution < 1.29 is 38.3 Å². The third-order valence-corrected chi connectivity index (χ3v) is 10.7. The molecule has 1 aromatic rings. The van der Waals surface area contributed by atoms with Crippen LogP contribution in [0.1, 0.15) is 106 Å². The Bertz CT molecular complexity index is 1550. The van der Waals surface area contributed by atoms with Gasteiger partial charge in [-0.2, -0.15) is 0 Å². The molecule has 4 amide bonds. The molecule has 1 aromatic carbocycles. The number of rotatable bonds is 15. The summed E-state index contributed by atoms with van der Waals surface area (Å²) in [5.74, 6) is -3.59. The molecule has 52 heavy (non-hydrogen) atoms. The van der Waals surface area contributed by atoms with E-state index in [0.717, 1.165) is 12.8 Å². The molecule has 3 fully saturated rings. The van der Waals surface area contributed by atoms with Crippen molar-refractivity contribution in [2.45, 2.75) is 118 Å². The Hall–Kier alpha value is -4.09. The molecule has 286 valence electrons. The number of hydrogen-bond acceptors (Lipinski definition) is 8. The molecule has 0 aromatic heterocycles. The van der Waals surface area contributed by atoms with E-state index < -0.39 is 58.6 Å². The maximum Gasteiger partial charge on any atom is 0.408 e. The first-order valence-corrected chi connectivity index (χ1v) is 18.5. The number of hydrogen-bond donors (Lipinski definition) is 2. The van der Waals surface area contributed by atoms with E-state index in [4.69, 9.17) is 4.74 Å². The zero-order chi connectivity index (χ0) is 38.9. The van der Waals surface area contributed by atoms with Crippen LogP contribution in [0.15, 0.2) is 30.3 Å². The Morgan fingerprint density at radius 2 is 1.54 bits per heavy atom. The lowest BCUT2D eigenvalue weighted by molar-refractivity contribution is -0.145. The van der Waals surface area contributed by atoms with Crippen molar-refractivity contribution in [2.24, 2.45) is 34.5 Å². The van der Waals surface area contributed by atoms with Gasteiger partial charge in [-0.25, -0.2) is 4.79 Å². The van der Waals surface area contributed by atoms with E-state index in [1.807, 2.05) is 20.8 Å². The lowest BCUT2D eigenvalue weighted by Gasteiger charge is -2.38. The topological polar surface area (TPSA) is 159 Å². The summed E-state index contributed by atoms with van der Waals surface area (Å²) in [4.78, 5) is 97.1. The van der Waals surface area contributed by atoms with Crippen molar-refractivity contribution in [3.05, 3.63) is 35.9 Å². The Morgan fingerprint density at radius 3 is 2.08 bits per heavy atom. The lowest BCUT2D eigenvalue weighted by Crippen LogP contribution is -2.58. The van der Waals surface area contributed by atoms with Crippen LogP contribution in [0.5, 0.6) is 0 Å². The summed E-state index contributed by atoms with van der Waals surface area (Å²) in [5.41, 5.74) is -1.06. The SMILES string of the molecule is CN(C)C(=O)[C@@H](NC(=O)CCC(=O)C(=O)C(CC(=O)C1[C@@H]2C(CN1C(=O)[C@@H](NC(=O)OC(C)(C)C)C(C)(C)C)C2(C)C)CC1CC1)c1ccccc1. The van der Waals surface area contributed by atoms with Gasteiger partial charge in [-0.05, 0) is 61.3 Å². The van der Waals surface area contributed by atoms with Gasteiger partial charge in [0.15, 0.2) is 11.6 Å². The number of amides is 4. The molecule has 4 rings (SSSR count). The minimum Gasteiger partial charge on any atom is -0.444 e. The second kappa shape index (κ2) is 15.5. The molecule has 2 N–H and O–H groups in total. The van der Waals surface area contributed by atoms with Crippen molar-refractivity contribution in [3.63, 3.8) is 0 Å². The monoisotopic (exact) mass is 722 g/mol. The number of likely N-dealkylation sites (tertiary alicyclic amines) is 1. The third kappa shape index (κ3) is 9.86. The number of nitrogens with zero attached hydrogens (tertiary/aromatic N) is 2. The van der Waals surface area contributed by atoms with Crippen LogP contribution >= 0.6 is 0 Å². The van der Waals surface area contributed by atoms with Crippen LogP contribution in [0.3, 0.4) is 0 Å². The molecule has 1 saturated heterocycles. The zero-order valence-corrected chi connectivity index (χ0v) is 32.5. The highest BCUT2D eigenvalue weighted by atomic mass is 16.6. The van der Waals surface area contributed by atoms with Gasteiger partial charge in [0, 0.05) is 45.8 Å². The summed E-state index contributed by atoms with van der Waals surface area (Å²) in [6.45, 7) is 15.2. The number of nitrogens with one attached hydrogen (secondary N) is 2. The van der Waals surface area contributed by atoms with Crippen LogP contribution < -0.4 is 10.6 Å². The Balaban J connectivity index is 1.46. The van der Waals surface area contributed by atoms with E-state index in [0.29, 0.717) is 18.5 Å². The van der Waals surface area contributed by atoms with Gasteiger partial charge in [0.25, 0.3) is 0 Å². The van der Waals surface area contributed by atoms with Crippen molar-refractivity contribution >= 4 is 41.2 Å². The van der Waals surface area contributed by atoms with Gasteiger partial charge >= 0.3 is 6.09 Å². The molecule has 6 atom stereocenters. The quantitative estimate of drug-likeness (QED) is 0.248. The van der Waals surface area contributed by atoms with E-state index in [-0.39, 0.29) is 60.0 Å².